The van der Waals surface area contributed by atoms with E-state index in [9.17, 15) is 4.79 Å². The molecule has 0 bridgehead atoms. The van der Waals surface area contributed by atoms with Gasteiger partial charge in [-0.3, -0.25) is 4.79 Å². The molecule has 1 amide bonds. The van der Waals surface area contributed by atoms with Crippen molar-refractivity contribution in [2.45, 2.75) is 49.7 Å². The van der Waals surface area contributed by atoms with E-state index in [0.29, 0.717) is 11.8 Å². The molecule has 1 fully saturated rings. The average molecular weight is 427 g/mol. The van der Waals surface area contributed by atoms with Gasteiger partial charge in [-0.2, -0.15) is 0 Å². The molecule has 29 heavy (non-hydrogen) atoms. The summed E-state index contributed by atoms with van der Waals surface area (Å²) >= 11 is 3.20. The predicted octanol–water partition coefficient (Wildman–Crippen LogP) is 4.93. The molecule has 2 aromatic heterocycles. The van der Waals surface area contributed by atoms with Crippen LogP contribution in [0.25, 0.3) is 0 Å². The standard InChI is InChI=1S/C22H26N4OS2/c1-25-20(15-19-13-8-14-28-19)23-24-22(25)29-16-21(27)26(17-9-4-2-5-10-17)18-11-6-3-7-12-18/h2,4-5,8-10,13-14,18H,3,6-7,11-12,15-16H2,1H3. The van der Waals surface area contributed by atoms with Gasteiger partial charge in [0.15, 0.2) is 5.16 Å². The van der Waals surface area contributed by atoms with Crippen LogP contribution in [0.2, 0.25) is 0 Å². The molecule has 5 nitrogen and oxygen atoms in total. The smallest absolute Gasteiger partial charge is 0.237 e. The number of amides is 1. The minimum Gasteiger partial charge on any atom is -0.309 e. The summed E-state index contributed by atoms with van der Waals surface area (Å²) in [6.45, 7) is 0. The molecule has 0 saturated heterocycles. The maximum absolute atomic E-state index is 13.2. The van der Waals surface area contributed by atoms with Crippen molar-refractivity contribution in [1.82, 2.24) is 14.8 Å². The summed E-state index contributed by atoms with van der Waals surface area (Å²) in [4.78, 5) is 16.5. The molecule has 0 radical (unpaired) electrons. The van der Waals surface area contributed by atoms with Crippen LogP contribution in [0.1, 0.15) is 42.8 Å². The number of hydrogen-bond donors (Lipinski definition) is 0. The second kappa shape index (κ2) is 9.59. The molecule has 1 aromatic carbocycles. The maximum atomic E-state index is 13.2. The molecule has 0 spiro atoms. The van der Waals surface area contributed by atoms with E-state index in [1.165, 1.54) is 35.9 Å². The van der Waals surface area contributed by atoms with Gasteiger partial charge in [0, 0.05) is 30.1 Å². The van der Waals surface area contributed by atoms with Gasteiger partial charge in [0.2, 0.25) is 5.91 Å². The quantitative estimate of drug-likeness (QED) is 0.503. The molecular weight excluding hydrogens is 400 g/mol. The predicted molar refractivity (Wildman–Crippen MR) is 120 cm³/mol. The number of thioether (sulfide) groups is 1. The van der Waals surface area contributed by atoms with Crippen LogP contribution in [-0.2, 0) is 18.3 Å². The SMILES string of the molecule is Cn1c(Cc2cccs2)nnc1SCC(=O)N(c1ccccc1)C1CCCCC1. The van der Waals surface area contributed by atoms with E-state index in [0.717, 1.165) is 35.9 Å². The van der Waals surface area contributed by atoms with E-state index in [1.807, 2.05) is 52.9 Å². The number of carbonyl (C=O) groups excluding carboxylic acids is 1. The number of rotatable bonds is 7. The molecule has 1 saturated carbocycles. The van der Waals surface area contributed by atoms with Crippen LogP contribution < -0.4 is 4.90 Å². The van der Waals surface area contributed by atoms with Crippen molar-refractivity contribution in [3.05, 3.63) is 58.5 Å². The van der Waals surface area contributed by atoms with Crippen LogP contribution in [0, 0.1) is 0 Å². The molecule has 4 rings (SSSR count). The molecule has 2 heterocycles. The van der Waals surface area contributed by atoms with Crippen molar-refractivity contribution in [3.63, 3.8) is 0 Å². The number of hydrogen-bond acceptors (Lipinski definition) is 5. The average Bonchev–Trinajstić information content (AvgIpc) is 3.39. The zero-order chi connectivity index (χ0) is 20.1. The Morgan fingerprint density at radius 2 is 1.93 bits per heavy atom. The first-order valence-corrected chi connectivity index (χ1v) is 12.0. The fourth-order valence-corrected chi connectivity index (χ4v) is 5.37. The van der Waals surface area contributed by atoms with Crippen LogP contribution in [0.15, 0.2) is 53.0 Å². The summed E-state index contributed by atoms with van der Waals surface area (Å²) in [5, 5.41) is 11.5. The molecule has 7 heteroatoms. The molecular formula is C22H26N4OS2. The zero-order valence-electron chi connectivity index (χ0n) is 16.7. The maximum Gasteiger partial charge on any atom is 0.237 e. The Hall–Kier alpha value is -2.12. The fraction of sp³-hybridized carbons (Fsp3) is 0.409. The Bertz CT molecular complexity index is 918. The first-order chi connectivity index (χ1) is 14.2. The van der Waals surface area contributed by atoms with Crippen molar-refractivity contribution < 1.29 is 4.79 Å². The van der Waals surface area contributed by atoms with Crippen LogP contribution >= 0.6 is 23.1 Å². The van der Waals surface area contributed by atoms with Crippen molar-refractivity contribution in [2.75, 3.05) is 10.7 Å². The summed E-state index contributed by atoms with van der Waals surface area (Å²) in [5.41, 5.74) is 1.00. The normalized spacial score (nSPS) is 14.8. The molecule has 0 N–H and O–H groups in total. The lowest BCUT2D eigenvalue weighted by Crippen LogP contribution is -2.42. The minimum atomic E-state index is 0.149. The topological polar surface area (TPSA) is 51.0 Å². The Kier molecular flexibility index (Phi) is 6.67. The lowest BCUT2D eigenvalue weighted by Gasteiger charge is -2.34. The van der Waals surface area contributed by atoms with Gasteiger partial charge in [-0.25, -0.2) is 0 Å². The third-order valence-electron chi connectivity index (χ3n) is 5.41. The van der Waals surface area contributed by atoms with E-state index in [4.69, 9.17) is 0 Å². The summed E-state index contributed by atoms with van der Waals surface area (Å²) in [7, 11) is 1.98. The number of nitrogens with zero attached hydrogens (tertiary/aromatic N) is 4. The van der Waals surface area contributed by atoms with Crippen molar-refractivity contribution in [3.8, 4) is 0 Å². The molecule has 0 unspecified atom stereocenters. The van der Waals surface area contributed by atoms with Crippen molar-refractivity contribution in [2.24, 2.45) is 7.05 Å². The molecule has 0 aliphatic heterocycles. The molecule has 1 aliphatic rings. The first kappa shape index (κ1) is 20.2. The highest BCUT2D eigenvalue weighted by molar-refractivity contribution is 7.99. The zero-order valence-corrected chi connectivity index (χ0v) is 18.3. The van der Waals surface area contributed by atoms with Gasteiger partial charge in [0.05, 0.1) is 5.75 Å². The highest BCUT2D eigenvalue weighted by Crippen LogP contribution is 2.29. The third-order valence-corrected chi connectivity index (χ3v) is 7.29. The van der Waals surface area contributed by atoms with Crippen molar-refractivity contribution in [1.29, 1.82) is 0 Å². The Labute approximate surface area is 180 Å². The summed E-state index contributed by atoms with van der Waals surface area (Å²) in [6, 6.07) is 14.5. The number of para-hydroxylation sites is 1. The number of carbonyl (C=O) groups is 1. The van der Waals surface area contributed by atoms with Crippen molar-refractivity contribution >= 4 is 34.7 Å². The second-order valence-corrected chi connectivity index (χ2v) is 9.37. The number of benzene rings is 1. The van der Waals surface area contributed by atoms with Gasteiger partial charge in [-0.05, 0) is 36.4 Å². The summed E-state index contributed by atoms with van der Waals surface area (Å²) in [5.74, 6) is 1.45. The minimum absolute atomic E-state index is 0.149. The van der Waals surface area contributed by atoms with Gasteiger partial charge < -0.3 is 9.47 Å². The molecule has 3 aromatic rings. The van der Waals surface area contributed by atoms with E-state index in [2.05, 4.69) is 21.6 Å². The lowest BCUT2D eigenvalue weighted by molar-refractivity contribution is -0.116. The number of thiophene rings is 1. The van der Waals surface area contributed by atoms with E-state index < -0.39 is 0 Å². The third kappa shape index (κ3) is 4.90. The van der Waals surface area contributed by atoms with E-state index >= 15 is 0 Å². The monoisotopic (exact) mass is 426 g/mol. The number of aromatic nitrogens is 3. The van der Waals surface area contributed by atoms with Gasteiger partial charge >= 0.3 is 0 Å². The summed E-state index contributed by atoms with van der Waals surface area (Å²) < 4.78 is 2.01. The highest BCUT2D eigenvalue weighted by atomic mass is 32.2. The second-order valence-electron chi connectivity index (χ2n) is 7.39. The van der Waals surface area contributed by atoms with E-state index in [-0.39, 0.29) is 5.91 Å². The Morgan fingerprint density at radius 3 is 2.66 bits per heavy atom. The molecule has 152 valence electrons. The van der Waals surface area contributed by atoms with E-state index in [1.54, 1.807) is 11.3 Å². The lowest BCUT2D eigenvalue weighted by atomic mass is 9.93. The van der Waals surface area contributed by atoms with Gasteiger partial charge in [-0.15, -0.1) is 21.5 Å². The van der Waals surface area contributed by atoms with Crippen LogP contribution in [0.3, 0.4) is 0 Å². The Morgan fingerprint density at radius 1 is 1.14 bits per heavy atom. The van der Waals surface area contributed by atoms with Gasteiger partial charge in [0.1, 0.15) is 5.82 Å². The molecule has 1 aliphatic carbocycles. The van der Waals surface area contributed by atoms with Gasteiger partial charge in [-0.1, -0.05) is 55.3 Å². The summed E-state index contributed by atoms with van der Waals surface area (Å²) in [6.07, 6.45) is 6.61. The molecule has 0 atom stereocenters. The highest BCUT2D eigenvalue weighted by Gasteiger charge is 2.27. The number of anilines is 1. The van der Waals surface area contributed by atoms with Gasteiger partial charge in [0.25, 0.3) is 0 Å². The fourth-order valence-electron chi connectivity index (χ4n) is 3.88. The van der Waals surface area contributed by atoms with Crippen LogP contribution in [0.5, 0.6) is 0 Å². The largest absolute Gasteiger partial charge is 0.309 e. The van der Waals surface area contributed by atoms with Crippen LogP contribution in [-0.4, -0.2) is 32.5 Å². The van der Waals surface area contributed by atoms with Crippen LogP contribution in [0.4, 0.5) is 5.69 Å². The Balaban J connectivity index is 1.45. The first-order valence-electron chi connectivity index (χ1n) is 10.1.